The van der Waals surface area contributed by atoms with Crippen LogP contribution in [0.3, 0.4) is 0 Å². The summed E-state index contributed by atoms with van der Waals surface area (Å²) in [6.07, 6.45) is 2.90. The summed E-state index contributed by atoms with van der Waals surface area (Å²) in [6, 6.07) is 12.1. The molecule has 2 rings (SSSR count). The minimum atomic E-state index is -0.247. The Morgan fingerprint density at radius 1 is 1.26 bits per heavy atom. The highest BCUT2D eigenvalue weighted by atomic mass is 16.5. The lowest BCUT2D eigenvalue weighted by Gasteiger charge is -2.08. The van der Waals surface area contributed by atoms with E-state index in [0.29, 0.717) is 12.3 Å². The van der Waals surface area contributed by atoms with Gasteiger partial charge in [-0.2, -0.15) is 0 Å². The summed E-state index contributed by atoms with van der Waals surface area (Å²) in [6.45, 7) is 5.00. The van der Waals surface area contributed by atoms with Gasteiger partial charge in [0.2, 0.25) is 0 Å². The molecule has 0 aliphatic carbocycles. The third-order valence-electron chi connectivity index (χ3n) is 3.00. The molecule has 0 aliphatic heterocycles. The molecule has 19 heavy (non-hydrogen) atoms. The van der Waals surface area contributed by atoms with Crippen molar-refractivity contribution in [1.29, 1.82) is 0 Å². The average molecular weight is 257 g/mol. The van der Waals surface area contributed by atoms with Gasteiger partial charge in [0.15, 0.2) is 0 Å². The van der Waals surface area contributed by atoms with E-state index < -0.39 is 0 Å². The van der Waals surface area contributed by atoms with Gasteiger partial charge in [-0.3, -0.25) is 0 Å². The van der Waals surface area contributed by atoms with Crippen LogP contribution in [0.4, 0.5) is 0 Å². The van der Waals surface area contributed by atoms with E-state index in [1.54, 1.807) is 0 Å². The van der Waals surface area contributed by atoms with E-state index in [9.17, 15) is 4.79 Å². The van der Waals surface area contributed by atoms with Crippen LogP contribution >= 0.6 is 0 Å². The summed E-state index contributed by atoms with van der Waals surface area (Å²) >= 11 is 0. The maximum Gasteiger partial charge on any atom is 0.354 e. The van der Waals surface area contributed by atoms with Crippen LogP contribution in [0, 0.1) is 6.92 Å². The smallest absolute Gasteiger partial charge is 0.354 e. The van der Waals surface area contributed by atoms with Crippen LogP contribution in [0.2, 0.25) is 0 Å². The Morgan fingerprint density at radius 3 is 2.68 bits per heavy atom. The Balaban J connectivity index is 2.10. The van der Waals surface area contributed by atoms with Gasteiger partial charge in [-0.1, -0.05) is 30.3 Å². The third kappa shape index (κ3) is 3.47. The molecule has 1 heterocycles. The van der Waals surface area contributed by atoms with E-state index in [2.05, 4.69) is 12.1 Å². The largest absolute Gasteiger partial charge is 0.461 e. The third-order valence-corrected chi connectivity index (χ3v) is 3.00. The Labute approximate surface area is 113 Å². The zero-order valence-electron chi connectivity index (χ0n) is 11.4. The second-order valence-corrected chi connectivity index (χ2v) is 4.55. The molecule has 0 radical (unpaired) electrons. The highest BCUT2D eigenvalue weighted by Gasteiger charge is 2.13. The molecule has 0 spiro atoms. The molecule has 2 aromatic rings. The first kappa shape index (κ1) is 13.4. The standard InChI is InChI=1S/C16H19NO2/c1-3-19-16(18)15-11-13(2)12-17(15)10-9-14-7-5-4-6-8-14/h4-8,11-12H,3,9-10H2,1-2H3. The number of hydrogen-bond acceptors (Lipinski definition) is 2. The molecule has 3 nitrogen and oxygen atoms in total. The number of benzene rings is 1. The summed E-state index contributed by atoms with van der Waals surface area (Å²) in [7, 11) is 0. The zero-order valence-corrected chi connectivity index (χ0v) is 11.4. The lowest BCUT2D eigenvalue weighted by molar-refractivity contribution is 0.0513. The van der Waals surface area contributed by atoms with Crippen molar-refractivity contribution in [3.05, 3.63) is 59.4 Å². The van der Waals surface area contributed by atoms with E-state index in [1.807, 2.05) is 48.9 Å². The Hall–Kier alpha value is -2.03. The number of aromatic nitrogens is 1. The molecule has 0 fully saturated rings. The predicted molar refractivity (Wildman–Crippen MR) is 75.3 cm³/mol. The van der Waals surface area contributed by atoms with Crippen LogP contribution in [-0.2, 0) is 17.7 Å². The van der Waals surface area contributed by atoms with Gasteiger partial charge in [-0.25, -0.2) is 4.79 Å². The zero-order chi connectivity index (χ0) is 13.7. The monoisotopic (exact) mass is 257 g/mol. The van der Waals surface area contributed by atoms with Gasteiger partial charge >= 0.3 is 5.97 Å². The molecule has 0 bridgehead atoms. The van der Waals surface area contributed by atoms with E-state index in [0.717, 1.165) is 18.5 Å². The molecule has 0 atom stereocenters. The molecule has 0 unspecified atom stereocenters. The van der Waals surface area contributed by atoms with Gasteiger partial charge in [0.25, 0.3) is 0 Å². The Bertz CT molecular complexity index is 543. The number of hydrogen-bond donors (Lipinski definition) is 0. The fraction of sp³-hybridized carbons (Fsp3) is 0.312. The summed E-state index contributed by atoms with van der Waals surface area (Å²) < 4.78 is 7.05. The van der Waals surface area contributed by atoms with Crippen molar-refractivity contribution in [1.82, 2.24) is 4.57 Å². The number of aryl methyl sites for hydroxylation is 3. The topological polar surface area (TPSA) is 31.2 Å². The highest BCUT2D eigenvalue weighted by Crippen LogP contribution is 2.11. The average Bonchev–Trinajstić information content (AvgIpc) is 2.79. The predicted octanol–water partition coefficient (Wildman–Crippen LogP) is 3.22. The summed E-state index contributed by atoms with van der Waals surface area (Å²) in [5.74, 6) is -0.247. The van der Waals surface area contributed by atoms with Crippen molar-refractivity contribution in [2.45, 2.75) is 26.8 Å². The van der Waals surface area contributed by atoms with Crippen molar-refractivity contribution < 1.29 is 9.53 Å². The number of rotatable bonds is 5. The maximum absolute atomic E-state index is 11.8. The van der Waals surface area contributed by atoms with Gasteiger partial charge in [0, 0.05) is 12.7 Å². The van der Waals surface area contributed by atoms with Crippen LogP contribution in [0.25, 0.3) is 0 Å². The first-order valence-electron chi connectivity index (χ1n) is 6.58. The number of esters is 1. The molecule has 0 N–H and O–H groups in total. The van der Waals surface area contributed by atoms with Crippen molar-refractivity contribution >= 4 is 5.97 Å². The van der Waals surface area contributed by atoms with Crippen molar-refractivity contribution in [3.63, 3.8) is 0 Å². The van der Waals surface area contributed by atoms with Crippen LogP contribution < -0.4 is 0 Å². The number of carbonyl (C=O) groups excluding carboxylic acids is 1. The van der Waals surface area contributed by atoms with Crippen LogP contribution in [0.15, 0.2) is 42.6 Å². The van der Waals surface area contributed by atoms with Gasteiger partial charge < -0.3 is 9.30 Å². The normalized spacial score (nSPS) is 10.4. The molecular formula is C16H19NO2. The molecule has 100 valence electrons. The van der Waals surface area contributed by atoms with Gasteiger partial charge in [-0.05, 0) is 37.5 Å². The Morgan fingerprint density at radius 2 is 2.00 bits per heavy atom. The van der Waals surface area contributed by atoms with E-state index >= 15 is 0 Å². The summed E-state index contributed by atoms with van der Waals surface area (Å²) in [4.78, 5) is 11.8. The van der Waals surface area contributed by atoms with Crippen LogP contribution in [-0.4, -0.2) is 17.1 Å². The van der Waals surface area contributed by atoms with E-state index in [1.165, 1.54) is 5.56 Å². The molecule has 1 aromatic carbocycles. The molecule has 3 heteroatoms. The molecule has 0 amide bonds. The summed E-state index contributed by atoms with van der Waals surface area (Å²) in [5.41, 5.74) is 2.98. The number of ether oxygens (including phenoxy) is 1. The lowest BCUT2D eigenvalue weighted by Crippen LogP contribution is -2.12. The minimum absolute atomic E-state index is 0.247. The second-order valence-electron chi connectivity index (χ2n) is 4.55. The molecular weight excluding hydrogens is 238 g/mol. The van der Waals surface area contributed by atoms with Gasteiger partial charge in [-0.15, -0.1) is 0 Å². The molecule has 0 aliphatic rings. The first-order valence-corrected chi connectivity index (χ1v) is 6.58. The molecule has 1 aromatic heterocycles. The molecule has 0 saturated carbocycles. The number of carbonyl (C=O) groups is 1. The fourth-order valence-electron chi connectivity index (χ4n) is 2.11. The van der Waals surface area contributed by atoms with Crippen LogP contribution in [0.5, 0.6) is 0 Å². The quantitative estimate of drug-likeness (QED) is 0.770. The molecule has 0 saturated heterocycles. The summed E-state index contributed by atoms with van der Waals surface area (Å²) in [5, 5.41) is 0. The lowest BCUT2D eigenvalue weighted by atomic mass is 10.1. The second kappa shape index (κ2) is 6.23. The highest BCUT2D eigenvalue weighted by molar-refractivity contribution is 5.88. The minimum Gasteiger partial charge on any atom is -0.461 e. The van der Waals surface area contributed by atoms with Crippen molar-refractivity contribution in [2.24, 2.45) is 0 Å². The fourth-order valence-corrected chi connectivity index (χ4v) is 2.11. The SMILES string of the molecule is CCOC(=O)c1cc(C)cn1CCc1ccccc1. The van der Waals surface area contributed by atoms with Crippen molar-refractivity contribution in [3.8, 4) is 0 Å². The Kier molecular flexibility index (Phi) is 4.39. The van der Waals surface area contributed by atoms with Crippen LogP contribution in [0.1, 0.15) is 28.5 Å². The first-order chi connectivity index (χ1) is 9.20. The van der Waals surface area contributed by atoms with Crippen molar-refractivity contribution in [2.75, 3.05) is 6.61 Å². The van der Waals surface area contributed by atoms with E-state index in [-0.39, 0.29) is 5.97 Å². The number of nitrogens with zero attached hydrogens (tertiary/aromatic N) is 1. The maximum atomic E-state index is 11.8. The van der Waals surface area contributed by atoms with Gasteiger partial charge in [0.1, 0.15) is 5.69 Å². The van der Waals surface area contributed by atoms with E-state index in [4.69, 9.17) is 4.74 Å². The van der Waals surface area contributed by atoms with Gasteiger partial charge in [0.05, 0.1) is 6.61 Å².